The van der Waals surface area contributed by atoms with Gasteiger partial charge in [0.25, 0.3) is 13.4 Å². The molecule has 8 nitrogen and oxygen atoms in total. The average molecular weight is 1320 g/mol. The quantitative estimate of drug-likeness (QED) is 0.155. The molecule has 10 aliphatic rings. The summed E-state index contributed by atoms with van der Waals surface area (Å²) in [5.41, 5.74) is 29.1. The molecule has 0 unspecified atom stereocenters. The molecule has 24 rings (SSSR count). The van der Waals surface area contributed by atoms with Crippen LogP contribution in [0.1, 0.15) is 0 Å². The molecule has 0 fully saturated rings. The zero-order valence-corrected chi connectivity index (χ0v) is 55.3. The first kappa shape index (κ1) is 54.2. The van der Waals surface area contributed by atoms with E-state index in [2.05, 4.69) is 308 Å². The van der Waals surface area contributed by atoms with Crippen molar-refractivity contribution in [2.24, 2.45) is 0 Å². The van der Waals surface area contributed by atoms with Crippen LogP contribution in [-0.4, -0.2) is 13.4 Å². The van der Waals surface area contributed by atoms with Gasteiger partial charge in [-0.3, -0.25) is 0 Å². The van der Waals surface area contributed by atoms with Crippen LogP contribution in [0.5, 0.6) is 23.0 Å². The Balaban J connectivity index is 0.000000122. The van der Waals surface area contributed by atoms with Crippen LogP contribution in [0.3, 0.4) is 0 Å². The molecule has 456 valence electrons. The van der Waals surface area contributed by atoms with Crippen molar-refractivity contribution in [2.75, 3.05) is 29.4 Å². The minimum Gasteiger partial charge on any atom is -0.453 e. The largest absolute Gasteiger partial charge is 0.453 e. The molecule has 0 saturated heterocycles. The molecule has 0 N–H and O–H groups in total. The highest BCUT2D eigenvalue weighted by Crippen LogP contribution is 2.62. The van der Waals surface area contributed by atoms with Gasteiger partial charge >= 0.3 is 0 Å². The van der Waals surface area contributed by atoms with Crippen LogP contribution in [0.4, 0.5) is 102 Å². The second-order valence-electron chi connectivity index (χ2n) is 25.8. The summed E-state index contributed by atoms with van der Waals surface area (Å²) < 4.78 is 13.3. The SMILES string of the molecule is c1ccc2c(c1)Oc1cccc3c1N2c1cc(N2c4ccccc4Sc4ccccc42)cc2c1B3c1cccc3c1N2c1ccccc1O3.c1ccc2c(c1)Sc1ccccc1N2c1cc2c3c(c1)N1c4ccccc4Sc4cccc(c41)B3c1cccc3c1N2c1ccccc1S3. The number of fused-ring (bicyclic) bond motifs is 20. The molecule has 0 aromatic heterocycles. The van der Waals surface area contributed by atoms with E-state index in [0.717, 1.165) is 62.8 Å². The molecule has 0 amide bonds. The summed E-state index contributed by atoms with van der Waals surface area (Å²) in [6.45, 7) is 0.0975. The third kappa shape index (κ3) is 7.39. The third-order valence-electron chi connectivity index (χ3n) is 20.7. The maximum absolute atomic E-state index is 6.64. The lowest BCUT2D eigenvalue weighted by Gasteiger charge is -2.48. The molecule has 98 heavy (non-hydrogen) atoms. The van der Waals surface area contributed by atoms with E-state index in [1.165, 1.54) is 135 Å². The van der Waals surface area contributed by atoms with Crippen LogP contribution < -0.4 is 71.7 Å². The van der Waals surface area contributed by atoms with Crippen LogP contribution in [0, 0.1) is 0 Å². The Morgan fingerprint density at radius 2 is 0.449 bits per heavy atom. The van der Waals surface area contributed by atoms with Crippen LogP contribution in [0.15, 0.2) is 330 Å². The lowest BCUT2D eigenvalue weighted by molar-refractivity contribution is 0.477. The lowest BCUT2D eigenvalue weighted by Crippen LogP contribution is -2.62. The van der Waals surface area contributed by atoms with Gasteiger partial charge in [0.15, 0.2) is 23.0 Å². The first-order chi connectivity index (χ1) is 48.6. The molecule has 0 aliphatic carbocycles. The van der Waals surface area contributed by atoms with E-state index in [9.17, 15) is 0 Å². The normalized spacial score (nSPS) is 14.8. The molecule has 10 aliphatic heterocycles. The predicted octanol–water partition coefficient (Wildman–Crippen LogP) is 20.5. The number of rotatable bonds is 2. The van der Waals surface area contributed by atoms with Crippen LogP contribution >= 0.6 is 47.0 Å². The van der Waals surface area contributed by atoms with Crippen molar-refractivity contribution in [1.82, 2.24) is 0 Å². The number of benzene rings is 14. The maximum atomic E-state index is 6.64. The van der Waals surface area contributed by atoms with E-state index < -0.39 is 0 Å². The molecular weight excluding hydrogens is 1270 g/mol. The average Bonchev–Trinajstić information content (AvgIpc) is 0.687. The number of para-hydroxylation sites is 14. The van der Waals surface area contributed by atoms with Crippen LogP contribution in [0.2, 0.25) is 0 Å². The summed E-state index contributed by atoms with van der Waals surface area (Å²) in [7, 11) is 0. The van der Waals surface area contributed by atoms with E-state index >= 15 is 0 Å². The Bertz CT molecular complexity index is 5230. The van der Waals surface area contributed by atoms with Crippen molar-refractivity contribution in [3.05, 3.63) is 291 Å². The predicted molar refractivity (Wildman–Crippen MR) is 407 cm³/mol. The Morgan fingerprint density at radius 3 is 0.796 bits per heavy atom. The smallest absolute Gasteiger partial charge is 0.252 e. The van der Waals surface area contributed by atoms with Crippen molar-refractivity contribution in [3.63, 3.8) is 0 Å². The fourth-order valence-electron chi connectivity index (χ4n) is 17.0. The molecule has 10 heterocycles. The van der Waals surface area contributed by atoms with Crippen molar-refractivity contribution >= 4 is 196 Å². The monoisotopic (exact) mass is 1320 g/mol. The molecule has 0 bridgehead atoms. The number of hydrogen-bond acceptors (Lipinski definition) is 12. The Hall–Kier alpha value is -11.0. The Morgan fingerprint density at radius 1 is 0.204 bits per heavy atom. The van der Waals surface area contributed by atoms with E-state index in [0.29, 0.717) is 0 Å². The van der Waals surface area contributed by atoms with Gasteiger partial charge in [0, 0.05) is 61.9 Å². The summed E-state index contributed by atoms with van der Waals surface area (Å²) in [5, 5.41) is 0. The molecule has 14 heteroatoms. The number of hydrogen-bond donors (Lipinski definition) is 0. The third-order valence-corrected chi connectivity index (χ3v) is 25.2. The minimum absolute atomic E-state index is 0.0179. The van der Waals surface area contributed by atoms with Gasteiger partial charge in [-0.05, 0) is 178 Å². The highest BCUT2D eigenvalue weighted by molar-refractivity contribution is 8.00. The molecule has 14 aromatic rings. The van der Waals surface area contributed by atoms with E-state index in [-0.39, 0.29) is 13.4 Å². The van der Waals surface area contributed by atoms with Gasteiger partial charge in [-0.25, -0.2) is 0 Å². The summed E-state index contributed by atoms with van der Waals surface area (Å²) in [6, 6.07) is 106. The molecule has 0 radical (unpaired) electrons. The lowest BCUT2D eigenvalue weighted by atomic mass is 9.33. The van der Waals surface area contributed by atoms with E-state index in [1.807, 2.05) is 59.2 Å². The van der Waals surface area contributed by atoms with Gasteiger partial charge in [-0.2, -0.15) is 0 Å². The fourth-order valence-corrected chi connectivity index (χ4v) is 21.3. The fraction of sp³-hybridized carbons (Fsp3) is 0. The van der Waals surface area contributed by atoms with Gasteiger partial charge in [0.2, 0.25) is 0 Å². The van der Waals surface area contributed by atoms with Crippen molar-refractivity contribution in [1.29, 1.82) is 0 Å². The highest BCUT2D eigenvalue weighted by atomic mass is 32.2. The second kappa shape index (κ2) is 20.3. The zero-order chi connectivity index (χ0) is 63.6. The van der Waals surface area contributed by atoms with Gasteiger partial charge in [0.1, 0.15) is 0 Å². The zero-order valence-electron chi connectivity index (χ0n) is 52.0. The summed E-state index contributed by atoms with van der Waals surface area (Å²) in [6.07, 6.45) is 0. The first-order valence-electron chi connectivity index (χ1n) is 33.1. The first-order valence-corrected chi connectivity index (χ1v) is 36.4. The van der Waals surface area contributed by atoms with Crippen molar-refractivity contribution in [2.45, 2.75) is 39.2 Å². The standard InChI is InChI=1S/C42H24BN3O2S.C42H24BN3S3/c1-5-17-34-28(13-1)45-32-23-25(44-30-15-3-7-21-38(30)49-39-22-8-4-16-31(39)44)24-33-40(32)43(26-11-9-19-36(47-34)41(26)45)27-12-10-20-37-42(27)46(33)29-14-2-6-18-35(29)48-37;1-5-17-34-28(13-1)44(29-14-2-6-18-35(29)47-34)25-23-32-40-33(24-25)46-31-16-4-8-20-37(31)49-39-22-10-12-27(42(39)46)43(40)26-11-9-21-38-41(26)45(32)30-15-3-7-19-36(30)48-38/h2*1-24H. The summed E-state index contributed by atoms with van der Waals surface area (Å²) >= 11 is 7.48. The second-order valence-corrected chi connectivity index (χ2v) is 30.1. The maximum Gasteiger partial charge on any atom is 0.252 e. The topological polar surface area (TPSA) is 37.9 Å². The molecule has 14 aromatic carbocycles. The van der Waals surface area contributed by atoms with Gasteiger partial charge in [-0.15, -0.1) is 0 Å². The van der Waals surface area contributed by atoms with Crippen molar-refractivity contribution < 1.29 is 9.47 Å². The molecule has 0 saturated carbocycles. The number of nitrogens with zero attached hydrogens (tertiary/aromatic N) is 6. The van der Waals surface area contributed by atoms with Crippen LogP contribution in [0.25, 0.3) is 0 Å². The summed E-state index contributed by atoms with van der Waals surface area (Å²) in [5.74, 6) is 3.44. The Kier molecular flexibility index (Phi) is 11.2. The number of ether oxygens (including phenoxy) is 2. The van der Waals surface area contributed by atoms with E-state index in [4.69, 9.17) is 9.47 Å². The summed E-state index contributed by atoms with van der Waals surface area (Å²) in [4.78, 5) is 25.2. The van der Waals surface area contributed by atoms with Gasteiger partial charge in [0.05, 0.1) is 79.6 Å². The van der Waals surface area contributed by atoms with Gasteiger partial charge in [-0.1, -0.05) is 193 Å². The van der Waals surface area contributed by atoms with Crippen LogP contribution in [-0.2, 0) is 0 Å². The Labute approximate surface area is 583 Å². The number of anilines is 18. The van der Waals surface area contributed by atoms with E-state index in [1.54, 1.807) is 0 Å². The van der Waals surface area contributed by atoms with Gasteiger partial charge < -0.3 is 38.9 Å². The van der Waals surface area contributed by atoms with Crippen molar-refractivity contribution in [3.8, 4) is 23.0 Å². The minimum atomic E-state index is -0.0179. The highest BCUT2D eigenvalue weighted by Gasteiger charge is 2.51. The molecule has 0 spiro atoms. The molecular formula is C84H48B2N6O2S4. The molecule has 0 atom stereocenters.